The maximum atomic E-state index is 11.2. The van der Waals surface area contributed by atoms with Gasteiger partial charge in [0.05, 0.1) is 12.2 Å². The monoisotopic (exact) mass is 190 g/mol. The van der Waals surface area contributed by atoms with Crippen molar-refractivity contribution in [2.24, 2.45) is 0 Å². The lowest BCUT2D eigenvalue weighted by Crippen LogP contribution is -2.23. The number of rotatable bonds is 1. The van der Waals surface area contributed by atoms with Crippen LogP contribution in [0.4, 0.5) is 4.79 Å². The fraction of sp³-hybridized carbons (Fsp3) is 0.200. The number of carbonyl (C=O) groups is 1. The Bertz CT molecular complexity index is 361. The summed E-state index contributed by atoms with van der Waals surface area (Å²) in [4.78, 5) is 12.5. The first kappa shape index (κ1) is 10.1. The third-order valence-corrected chi connectivity index (χ3v) is 1.65. The van der Waals surface area contributed by atoms with E-state index in [0.717, 1.165) is 0 Å². The summed E-state index contributed by atoms with van der Waals surface area (Å²) in [7, 11) is 0. The Morgan fingerprint density at radius 2 is 2.50 bits per heavy atom. The van der Waals surface area contributed by atoms with Crippen LogP contribution >= 0.6 is 0 Å². The molecule has 1 amide bonds. The van der Waals surface area contributed by atoms with Gasteiger partial charge in [0.2, 0.25) is 0 Å². The Labute approximate surface area is 82.4 Å². The highest BCUT2D eigenvalue weighted by Gasteiger charge is 2.14. The number of hydrogen-bond donors (Lipinski definition) is 0. The van der Waals surface area contributed by atoms with E-state index in [2.05, 4.69) is 6.58 Å². The molecule has 1 heterocycles. The number of nitrogens with zero attached hydrogens (tertiary/aromatic N) is 2. The molecule has 72 valence electrons. The third-order valence-electron chi connectivity index (χ3n) is 1.65. The molecule has 0 N–H and O–H groups in total. The summed E-state index contributed by atoms with van der Waals surface area (Å²) < 4.78 is 4.76. The fourth-order valence-corrected chi connectivity index (χ4v) is 0.937. The van der Waals surface area contributed by atoms with Gasteiger partial charge in [0, 0.05) is 12.4 Å². The molecule has 0 spiro atoms. The van der Waals surface area contributed by atoms with E-state index in [9.17, 15) is 4.79 Å². The number of carbonyl (C=O) groups excluding carboxylic acids is 1. The zero-order chi connectivity index (χ0) is 10.6. The van der Waals surface area contributed by atoms with Gasteiger partial charge in [-0.3, -0.25) is 4.90 Å². The second-order valence-corrected chi connectivity index (χ2v) is 2.60. The van der Waals surface area contributed by atoms with Crippen molar-refractivity contribution in [3.05, 3.63) is 36.2 Å². The Morgan fingerprint density at radius 3 is 3.07 bits per heavy atom. The minimum atomic E-state index is -0.496. The van der Waals surface area contributed by atoms with Gasteiger partial charge >= 0.3 is 6.09 Å². The van der Waals surface area contributed by atoms with E-state index < -0.39 is 6.09 Å². The van der Waals surface area contributed by atoms with E-state index in [1.165, 1.54) is 17.3 Å². The van der Waals surface area contributed by atoms with Gasteiger partial charge in [-0.15, -0.1) is 0 Å². The lowest BCUT2D eigenvalue weighted by Gasteiger charge is -2.17. The summed E-state index contributed by atoms with van der Waals surface area (Å²) in [6.45, 7) is 5.68. The van der Waals surface area contributed by atoms with Crippen molar-refractivity contribution < 1.29 is 9.53 Å². The molecule has 0 unspecified atom stereocenters. The molecule has 1 aliphatic heterocycles. The summed E-state index contributed by atoms with van der Waals surface area (Å²) in [5.74, 6) is 0. The maximum absolute atomic E-state index is 11.2. The Kier molecular flexibility index (Phi) is 3.08. The SMILES string of the molecule is C=C1C=CN(C(=O)OCC)C=C1C#N. The van der Waals surface area contributed by atoms with Gasteiger partial charge in [-0.25, -0.2) is 4.79 Å². The lowest BCUT2D eigenvalue weighted by molar-refractivity contribution is 0.133. The van der Waals surface area contributed by atoms with Gasteiger partial charge in [0.25, 0.3) is 0 Å². The Hall–Kier alpha value is -2.02. The van der Waals surface area contributed by atoms with E-state index in [4.69, 9.17) is 10.00 Å². The van der Waals surface area contributed by atoms with Gasteiger partial charge in [0.15, 0.2) is 0 Å². The molecular formula is C10H10N2O2. The second kappa shape index (κ2) is 4.28. The molecule has 4 heteroatoms. The first-order chi connectivity index (χ1) is 6.69. The molecule has 0 aromatic carbocycles. The largest absolute Gasteiger partial charge is 0.449 e. The van der Waals surface area contributed by atoms with Gasteiger partial charge in [-0.2, -0.15) is 5.26 Å². The number of amides is 1. The molecule has 0 atom stereocenters. The predicted molar refractivity (Wildman–Crippen MR) is 50.8 cm³/mol. The predicted octanol–water partition coefficient (Wildman–Crippen LogP) is 1.94. The standard InChI is InChI=1S/C10H10N2O2/c1-3-14-10(13)12-5-4-8(2)9(6-11)7-12/h4-5,7H,2-3H2,1H3. The van der Waals surface area contributed by atoms with Crippen molar-refractivity contribution in [3.63, 3.8) is 0 Å². The summed E-state index contributed by atoms with van der Waals surface area (Å²) >= 11 is 0. The number of allylic oxidation sites excluding steroid dienone is 3. The van der Waals surface area contributed by atoms with Gasteiger partial charge in [-0.1, -0.05) is 6.58 Å². The van der Waals surface area contributed by atoms with E-state index in [1.807, 2.05) is 6.07 Å². The quantitative estimate of drug-likeness (QED) is 0.634. The molecule has 0 aromatic rings. The van der Waals surface area contributed by atoms with Crippen LogP contribution in [0.2, 0.25) is 0 Å². The third kappa shape index (κ3) is 2.02. The topological polar surface area (TPSA) is 53.3 Å². The smallest absolute Gasteiger partial charge is 0.417 e. The molecule has 1 rings (SSSR count). The zero-order valence-electron chi connectivity index (χ0n) is 7.86. The molecule has 0 bridgehead atoms. The number of nitriles is 1. The molecule has 1 aliphatic rings. The molecule has 0 saturated heterocycles. The summed E-state index contributed by atoms with van der Waals surface area (Å²) in [5.41, 5.74) is 0.952. The lowest BCUT2D eigenvalue weighted by atomic mass is 10.1. The van der Waals surface area contributed by atoms with Crippen LogP contribution in [-0.2, 0) is 4.74 Å². The first-order valence-corrected chi connectivity index (χ1v) is 4.13. The Morgan fingerprint density at radius 1 is 1.79 bits per heavy atom. The van der Waals surface area contributed by atoms with E-state index >= 15 is 0 Å². The van der Waals surface area contributed by atoms with Crippen LogP contribution in [-0.4, -0.2) is 17.6 Å². The van der Waals surface area contributed by atoms with Crippen LogP contribution in [0.25, 0.3) is 0 Å². The van der Waals surface area contributed by atoms with Crippen molar-refractivity contribution in [3.8, 4) is 6.07 Å². The van der Waals surface area contributed by atoms with E-state index in [0.29, 0.717) is 17.8 Å². The highest BCUT2D eigenvalue weighted by molar-refractivity contribution is 5.72. The molecule has 0 aliphatic carbocycles. The molecule has 0 saturated carbocycles. The molecule has 4 nitrogen and oxygen atoms in total. The second-order valence-electron chi connectivity index (χ2n) is 2.60. The highest BCUT2D eigenvalue weighted by atomic mass is 16.5. The maximum Gasteiger partial charge on any atom is 0.417 e. The van der Waals surface area contributed by atoms with Crippen LogP contribution in [0.3, 0.4) is 0 Å². The van der Waals surface area contributed by atoms with Crippen molar-refractivity contribution in [1.29, 1.82) is 5.26 Å². The Balaban J connectivity index is 2.80. The van der Waals surface area contributed by atoms with Crippen LogP contribution in [0.1, 0.15) is 6.92 Å². The summed E-state index contributed by atoms with van der Waals surface area (Å²) in [6, 6.07) is 1.94. The number of hydrogen-bond acceptors (Lipinski definition) is 3. The van der Waals surface area contributed by atoms with E-state index in [1.54, 1.807) is 13.0 Å². The minimum absolute atomic E-state index is 0.305. The highest BCUT2D eigenvalue weighted by Crippen LogP contribution is 2.16. The van der Waals surface area contributed by atoms with Crippen LogP contribution < -0.4 is 0 Å². The average molecular weight is 190 g/mol. The van der Waals surface area contributed by atoms with Gasteiger partial charge in [-0.05, 0) is 18.6 Å². The first-order valence-electron chi connectivity index (χ1n) is 4.13. The summed E-state index contributed by atoms with van der Waals surface area (Å²) in [6.07, 6.45) is 4.01. The van der Waals surface area contributed by atoms with Gasteiger partial charge < -0.3 is 4.74 Å². The summed E-state index contributed by atoms with van der Waals surface area (Å²) in [5, 5.41) is 8.70. The molecular weight excluding hydrogens is 180 g/mol. The molecule has 14 heavy (non-hydrogen) atoms. The van der Waals surface area contributed by atoms with Crippen LogP contribution in [0.5, 0.6) is 0 Å². The average Bonchev–Trinajstić information content (AvgIpc) is 2.19. The van der Waals surface area contributed by atoms with Gasteiger partial charge in [0.1, 0.15) is 6.07 Å². The zero-order valence-corrected chi connectivity index (χ0v) is 7.86. The van der Waals surface area contributed by atoms with Crippen LogP contribution in [0.15, 0.2) is 36.2 Å². The molecule has 0 aromatic heterocycles. The minimum Gasteiger partial charge on any atom is -0.449 e. The molecule has 0 radical (unpaired) electrons. The van der Waals surface area contributed by atoms with Crippen molar-refractivity contribution in [2.45, 2.75) is 6.92 Å². The van der Waals surface area contributed by atoms with Crippen LogP contribution in [0, 0.1) is 11.3 Å². The normalized spacial score (nSPS) is 14.7. The molecule has 0 fully saturated rings. The van der Waals surface area contributed by atoms with E-state index in [-0.39, 0.29) is 0 Å². The van der Waals surface area contributed by atoms with Crippen molar-refractivity contribution in [1.82, 2.24) is 4.90 Å². The number of ether oxygens (including phenoxy) is 1. The van der Waals surface area contributed by atoms with Crippen molar-refractivity contribution in [2.75, 3.05) is 6.61 Å². The van der Waals surface area contributed by atoms with Crippen molar-refractivity contribution >= 4 is 6.09 Å². The fourth-order valence-electron chi connectivity index (χ4n) is 0.937.